The highest BCUT2D eigenvalue weighted by Gasteiger charge is 2.19. The maximum atomic E-state index is 12.6. The highest BCUT2D eigenvalue weighted by Crippen LogP contribution is 2.24. The van der Waals surface area contributed by atoms with Crippen LogP contribution in [0.1, 0.15) is 24.1 Å². The highest BCUT2D eigenvalue weighted by molar-refractivity contribution is 7.08. The van der Waals surface area contributed by atoms with Gasteiger partial charge in [0.2, 0.25) is 11.8 Å². The van der Waals surface area contributed by atoms with E-state index in [1.807, 2.05) is 36.9 Å². The van der Waals surface area contributed by atoms with E-state index in [0.717, 1.165) is 11.3 Å². The van der Waals surface area contributed by atoms with Crippen LogP contribution in [0, 0.1) is 6.92 Å². The Morgan fingerprint density at radius 2 is 2.29 bits per heavy atom. The van der Waals surface area contributed by atoms with Crippen molar-refractivity contribution in [3.05, 3.63) is 40.2 Å². The van der Waals surface area contributed by atoms with Crippen molar-refractivity contribution in [1.82, 2.24) is 24.9 Å². The number of aryl methyl sites for hydroxylation is 2. The second-order valence-electron chi connectivity index (χ2n) is 5.50. The molecule has 0 radical (unpaired) electrons. The molecule has 0 N–H and O–H groups in total. The average Bonchev–Trinajstić information content (AvgIpc) is 3.27. The van der Waals surface area contributed by atoms with E-state index < -0.39 is 0 Å². The van der Waals surface area contributed by atoms with Gasteiger partial charge in [-0.3, -0.25) is 9.48 Å². The monoisotopic (exact) mass is 345 g/mol. The molecule has 3 rings (SSSR count). The van der Waals surface area contributed by atoms with Crippen molar-refractivity contribution in [2.24, 2.45) is 7.05 Å². The Morgan fingerprint density at radius 1 is 1.46 bits per heavy atom. The first-order valence-electron chi connectivity index (χ1n) is 7.68. The fourth-order valence-corrected chi connectivity index (χ4v) is 3.03. The predicted molar refractivity (Wildman–Crippen MR) is 90.4 cm³/mol. The van der Waals surface area contributed by atoms with Gasteiger partial charge < -0.3 is 9.32 Å². The lowest BCUT2D eigenvalue weighted by Gasteiger charge is -2.19. The number of carbonyl (C=O) groups excluding carboxylic acids is 1. The predicted octanol–water partition coefficient (Wildman–Crippen LogP) is 2.43. The molecule has 3 aromatic heterocycles. The van der Waals surface area contributed by atoms with Gasteiger partial charge in [0.25, 0.3) is 0 Å². The summed E-state index contributed by atoms with van der Waals surface area (Å²) in [6, 6.07) is 1.95. The number of likely N-dealkylation sites (N-methyl/N-ethyl adjacent to an activating group) is 1. The van der Waals surface area contributed by atoms with Gasteiger partial charge in [-0.05, 0) is 25.3 Å². The molecule has 1 amide bonds. The molecule has 0 atom stereocenters. The maximum absolute atomic E-state index is 12.6. The molecule has 0 aliphatic heterocycles. The van der Waals surface area contributed by atoms with Crippen molar-refractivity contribution in [3.8, 4) is 11.5 Å². The third kappa shape index (κ3) is 3.53. The minimum atomic E-state index is -0.00331. The molecule has 3 heterocycles. The number of thiophene rings is 1. The Bertz CT molecular complexity index is 822. The minimum Gasteiger partial charge on any atom is -0.441 e. The van der Waals surface area contributed by atoms with Gasteiger partial charge in [-0.25, -0.2) is 4.98 Å². The van der Waals surface area contributed by atoms with Gasteiger partial charge in [-0.2, -0.15) is 11.3 Å². The quantitative estimate of drug-likeness (QED) is 0.686. The number of oxazole rings is 1. The zero-order chi connectivity index (χ0) is 17.1. The first-order valence-corrected chi connectivity index (χ1v) is 8.63. The largest absolute Gasteiger partial charge is 0.441 e. The molecule has 24 heavy (non-hydrogen) atoms. The number of carbonyl (C=O) groups is 1. The summed E-state index contributed by atoms with van der Waals surface area (Å²) in [5, 5.41) is 11.9. The standard InChI is InChI=1S/C16H19N5O2S/c1-4-21(9-13-8-20(3)19-18-13)15(22)7-14-11(2)23-16(17-14)12-5-6-24-10-12/h5-6,8,10H,4,7,9H2,1-3H3. The molecule has 0 fully saturated rings. The SMILES string of the molecule is CCN(Cc1cn(C)nn1)C(=O)Cc1nc(-c2ccsc2)oc1C. The molecular weight excluding hydrogens is 326 g/mol. The Kier molecular flexibility index (Phi) is 4.75. The van der Waals surface area contributed by atoms with Crippen LogP contribution in [0.5, 0.6) is 0 Å². The van der Waals surface area contributed by atoms with E-state index in [-0.39, 0.29) is 12.3 Å². The first kappa shape index (κ1) is 16.4. The summed E-state index contributed by atoms with van der Waals surface area (Å²) in [5.74, 6) is 1.24. The summed E-state index contributed by atoms with van der Waals surface area (Å²) in [6.45, 7) is 4.83. The summed E-state index contributed by atoms with van der Waals surface area (Å²) < 4.78 is 7.32. The van der Waals surface area contributed by atoms with Crippen molar-refractivity contribution in [1.29, 1.82) is 0 Å². The zero-order valence-electron chi connectivity index (χ0n) is 13.9. The topological polar surface area (TPSA) is 77.1 Å². The third-order valence-corrected chi connectivity index (χ3v) is 4.40. The second kappa shape index (κ2) is 6.96. The van der Waals surface area contributed by atoms with Crippen molar-refractivity contribution < 1.29 is 9.21 Å². The van der Waals surface area contributed by atoms with E-state index in [9.17, 15) is 4.79 Å². The van der Waals surface area contributed by atoms with Crippen LogP contribution in [0.15, 0.2) is 27.4 Å². The van der Waals surface area contributed by atoms with E-state index in [1.165, 1.54) is 0 Å². The molecule has 126 valence electrons. The van der Waals surface area contributed by atoms with E-state index >= 15 is 0 Å². The minimum absolute atomic E-state index is 0.00331. The molecule has 0 aromatic carbocycles. The number of nitrogens with zero attached hydrogens (tertiary/aromatic N) is 5. The molecule has 8 heteroatoms. The summed E-state index contributed by atoms with van der Waals surface area (Å²) in [4.78, 5) is 18.8. The molecule has 0 spiro atoms. The van der Waals surface area contributed by atoms with Gasteiger partial charge in [0.15, 0.2) is 0 Å². The molecule has 0 unspecified atom stereocenters. The first-order chi connectivity index (χ1) is 11.6. The second-order valence-corrected chi connectivity index (χ2v) is 6.28. The molecule has 0 saturated heterocycles. The summed E-state index contributed by atoms with van der Waals surface area (Å²) in [6.07, 6.45) is 2.03. The van der Waals surface area contributed by atoms with Crippen LogP contribution in [0.4, 0.5) is 0 Å². The van der Waals surface area contributed by atoms with Crippen LogP contribution in [0.3, 0.4) is 0 Å². The molecule has 0 aliphatic carbocycles. The van der Waals surface area contributed by atoms with Gasteiger partial charge in [0, 0.05) is 30.7 Å². The fourth-order valence-electron chi connectivity index (χ4n) is 2.40. The molecule has 0 saturated carbocycles. The lowest BCUT2D eigenvalue weighted by Crippen LogP contribution is -2.32. The van der Waals surface area contributed by atoms with Crippen molar-refractivity contribution >= 4 is 17.2 Å². The highest BCUT2D eigenvalue weighted by atomic mass is 32.1. The third-order valence-electron chi connectivity index (χ3n) is 3.72. The van der Waals surface area contributed by atoms with Crippen molar-refractivity contribution in [2.75, 3.05) is 6.54 Å². The Morgan fingerprint density at radius 3 is 2.92 bits per heavy atom. The number of aromatic nitrogens is 4. The van der Waals surface area contributed by atoms with E-state index in [1.54, 1.807) is 28.0 Å². The average molecular weight is 345 g/mol. The number of hydrogen-bond acceptors (Lipinski definition) is 6. The smallest absolute Gasteiger partial charge is 0.229 e. The lowest BCUT2D eigenvalue weighted by atomic mass is 10.2. The van der Waals surface area contributed by atoms with Crippen LogP contribution in [0.25, 0.3) is 11.5 Å². The molecule has 0 bridgehead atoms. The van der Waals surface area contributed by atoms with Crippen LogP contribution in [-0.2, 0) is 24.8 Å². The number of rotatable bonds is 6. The normalized spacial score (nSPS) is 11.0. The van der Waals surface area contributed by atoms with E-state index in [0.29, 0.717) is 30.4 Å². The van der Waals surface area contributed by atoms with Gasteiger partial charge in [-0.1, -0.05) is 5.21 Å². The van der Waals surface area contributed by atoms with Crippen LogP contribution < -0.4 is 0 Å². The molecule has 7 nitrogen and oxygen atoms in total. The lowest BCUT2D eigenvalue weighted by molar-refractivity contribution is -0.131. The van der Waals surface area contributed by atoms with Crippen molar-refractivity contribution in [3.63, 3.8) is 0 Å². The summed E-state index contributed by atoms with van der Waals surface area (Å²) in [7, 11) is 1.80. The van der Waals surface area contributed by atoms with Gasteiger partial charge >= 0.3 is 0 Å². The van der Waals surface area contributed by atoms with Crippen LogP contribution in [-0.4, -0.2) is 37.3 Å². The van der Waals surface area contributed by atoms with E-state index in [4.69, 9.17) is 4.42 Å². The van der Waals surface area contributed by atoms with Gasteiger partial charge in [0.1, 0.15) is 11.5 Å². The fraction of sp³-hybridized carbons (Fsp3) is 0.375. The van der Waals surface area contributed by atoms with Gasteiger partial charge in [-0.15, -0.1) is 5.10 Å². The Hall–Kier alpha value is -2.48. The van der Waals surface area contributed by atoms with Gasteiger partial charge in [0.05, 0.1) is 18.7 Å². The molecular formula is C16H19N5O2S. The molecule has 3 aromatic rings. The number of hydrogen-bond donors (Lipinski definition) is 0. The van der Waals surface area contributed by atoms with E-state index in [2.05, 4.69) is 15.3 Å². The maximum Gasteiger partial charge on any atom is 0.229 e. The van der Waals surface area contributed by atoms with Crippen molar-refractivity contribution in [2.45, 2.75) is 26.8 Å². The summed E-state index contributed by atoms with van der Waals surface area (Å²) >= 11 is 1.59. The Labute approximate surface area is 143 Å². The number of amides is 1. The summed E-state index contributed by atoms with van der Waals surface area (Å²) in [5.41, 5.74) is 2.39. The molecule has 0 aliphatic rings. The zero-order valence-corrected chi connectivity index (χ0v) is 14.7. The van der Waals surface area contributed by atoms with Crippen LogP contribution >= 0.6 is 11.3 Å². The van der Waals surface area contributed by atoms with Crippen LogP contribution in [0.2, 0.25) is 0 Å². The Balaban J connectivity index is 1.71.